The number of ether oxygens (including phenoxy) is 1. The van der Waals surface area contributed by atoms with Gasteiger partial charge >= 0.3 is 6.09 Å². The van der Waals surface area contributed by atoms with Crippen molar-refractivity contribution in [3.8, 4) is 11.3 Å². The molecular weight excluding hydrogens is 488 g/mol. The Balaban J connectivity index is 1.64. The van der Waals surface area contributed by atoms with E-state index in [1.807, 2.05) is 52.0 Å². The molecule has 0 fully saturated rings. The fourth-order valence-electron chi connectivity index (χ4n) is 4.23. The Morgan fingerprint density at radius 2 is 2.03 bits per heavy atom. The van der Waals surface area contributed by atoms with Gasteiger partial charge < -0.3 is 15.4 Å². The molecule has 2 amide bonds. The minimum absolute atomic E-state index is 0.0282. The first-order valence-corrected chi connectivity index (χ1v) is 12.8. The molecule has 0 aliphatic carbocycles. The average molecular weight is 517 g/mol. The molecule has 3 aromatic heterocycles. The quantitative estimate of drug-likeness (QED) is 0.372. The Hall–Kier alpha value is -4.05. The lowest BCUT2D eigenvalue weighted by Gasteiger charge is -2.25. The van der Waals surface area contributed by atoms with Crippen molar-refractivity contribution in [2.45, 2.75) is 39.3 Å². The third-order valence-electron chi connectivity index (χ3n) is 5.95. The summed E-state index contributed by atoms with van der Waals surface area (Å²) in [6.07, 6.45) is 1.05. The summed E-state index contributed by atoms with van der Waals surface area (Å²) in [7, 11) is 1.60. The van der Waals surface area contributed by atoms with E-state index < -0.39 is 11.7 Å². The first-order valence-electron chi connectivity index (χ1n) is 11.9. The third-order valence-corrected chi connectivity index (χ3v) is 7.11. The number of amides is 2. The van der Waals surface area contributed by atoms with E-state index in [2.05, 4.69) is 27.4 Å². The van der Waals surface area contributed by atoms with Gasteiger partial charge in [-0.25, -0.2) is 9.78 Å². The van der Waals surface area contributed by atoms with Gasteiger partial charge in [-0.05, 0) is 64.1 Å². The fourth-order valence-corrected chi connectivity index (χ4v) is 5.33. The van der Waals surface area contributed by atoms with Gasteiger partial charge in [-0.3, -0.25) is 9.69 Å². The maximum absolute atomic E-state index is 12.8. The van der Waals surface area contributed by atoms with Crippen molar-refractivity contribution in [1.29, 1.82) is 0 Å². The molecule has 1 aliphatic heterocycles. The van der Waals surface area contributed by atoms with Crippen LogP contribution in [0.25, 0.3) is 38.3 Å². The molecule has 0 saturated carbocycles. The number of benzene rings is 1. The summed E-state index contributed by atoms with van der Waals surface area (Å²) < 4.78 is 6.54. The molecule has 0 saturated heterocycles. The fraction of sp³-hybridized carbons (Fsp3) is 0.296. The molecule has 37 heavy (non-hydrogen) atoms. The number of hydrogen-bond donors (Lipinski definition) is 2. The highest BCUT2D eigenvalue weighted by molar-refractivity contribution is 7.21. The largest absolute Gasteiger partial charge is 0.443 e. The number of pyridine rings is 1. The number of carbonyl (C=O) groups is 2. The van der Waals surface area contributed by atoms with Gasteiger partial charge in [-0.1, -0.05) is 6.58 Å². The van der Waals surface area contributed by atoms with Gasteiger partial charge in [0, 0.05) is 40.7 Å². The molecule has 0 radical (unpaired) electrons. The second kappa shape index (κ2) is 9.11. The van der Waals surface area contributed by atoms with Crippen molar-refractivity contribution in [3.05, 3.63) is 47.5 Å². The van der Waals surface area contributed by atoms with Gasteiger partial charge in [-0.15, -0.1) is 21.5 Å². The molecule has 4 heterocycles. The Labute approximate surface area is 218 Å². The maximum Gasteiger partial charge on any atom is 0.415 e. The Kier molecular flexibility index (Phi) is 6.07. The lowest BCUT2D eigenvalue weighted by molar-refractivity contribution is 0.0588. The van der Waals surface area contributed by atoms with Gasteiger partial charge in [0.25, 0.3) is 5.91 Å². The number of hydrogen-bond acceptors (Lipinski definition) is 8. The van der Waals surface area contributed by atoms with Crippen LogP contribution in [0.15, 0.2) is 36.9 Å². The standard InChI is InChI=1S/C27H28N6O3S/c1-7-15-12-17(24(32-31-15)33(6)26(35)36-27(3,4)5)19-9-8-16-18(30-19)10-11-20-21(16)22-23(37-20)25(34)29-14(2)13-28-22/h7-12,14,28H,1,13H2,2-6H3,(H,29,34)/t14-/m1/s1. The highest BCUT2D eigenvalue weighted by atomic mass is 32.1. The summed E-state index contributed by atoms with van der Waals surface area (Å²) >= 11 is 1.47. The van der Waals surface area contributed by atoms with E-state index >= 15 is 0 Å². The minimum Gasteiger partial charge on any atom is -0.443 e. The molecule has 0 spiro atoms. The first kappa shape index (κ1) is 24.6. The van der Waals surface area contributed by atoms with Gasteiger partial charge in [0.1, 0.15) is 10.5 Å². The van der Waals surface area contributed by atoms with Crippen LogP contribution in [-0.2, 0) is 4.74 Å². The number of aromatic nitrogens is 3. The van der Waals surface area contributed by atoms with Crippen molar-refractivity contribution in [1.82, 2.24) is 20.5 Å². The zero-order chi connectivity index (χ0) is 26.5. The lowest BCUT2D eigenvalue weighted by atomic mass is 10.1. The Morgan fingerprint density at radius 1 is 1.24 bits per heavy atom. The van der Waals surface area contributed by atoms with E-state index in [1.165, 1.54) is 16.2 Å². The molecule has 1 atom stereocenters. The summed E-state index contributed by atoms with van der Waals surface area (Å²) in [5.74, 6) is 0.255. The van der Waals surface area contributed by atoms with Gasteiger partial charge in [0.15, 0.2) is 5.82 Å². The predicted octanol–water partition coefficient (Wildman–Crippen LogP) is 5.46. The van der Waals surface area contributed by atoms with Crippen molar-refractivity contribution in [3.63, 3.8) is 0 Å². The smallest absolute Gasteiger partial charge is 0.415 e. The zero-order valence-corrected chi connectivity index (χ0v) is 22.2. The SMILES string of the molecule is C=Cc1cc(-c2ccc3c(ccc4sc5c(c43)NC[C@@H](C)NC5=O)n2)c(N(C)C(=O)OC(C)(C)C)nn1. The second-order valence-corrected chi connectivity index (χ2v) is 11.1. The molecular formula is C27H28N6O3S. The van der Waals surface area contributed by atoms with Crippen molar-refractivity contribution < 1.29 is 14.3 Å². The highest BCUT2D eigenvalue weighted by Crippen LogP contribution is 2.41. The summed E-state index contributed by atoms with van der Waals surface area (Å²) in [6, 6.07) is 9.64. The zero-order valence-electron chi connectivity index (χ0n) is 21.4. The van der Waals surface area contributed by atoms with E-state index in [0.717, 1.165) is 26.7 Å². The molecule has 2 N–H and O–H groups in total. The highest BCUT2D eigenvalue weighted by Gasteiger charge is 2.26. The molecule has 1 aromatic carbocycles. The molecule has 190 valence electrons. The molecule has 1 aliphatic rings. The Bertz CT molecular complexity index is 1570. The number of rotatable bonds is 3. The van der Waals surface area contributed by atoms with E-state index in [-0.39, 0.29) is 11.9 Å². The predicted molar refractivity (Wildman–Crippen MR) is 148 cm³/mol. The van der Waals surface area contributed by atoms with Crippen LogP contribution in [0, 0.1) is 0 Å². The number of fused-ring (bicyclic) bond motifs is 5. The van der Waals surface area contributed by atoms with Gasteiger partial charge in [0.05, 0.1) is 22.6 Å². The summed E-state index contributed by atoms with van der Waals surface area (Å²) in [6.45, 7) is 11.8. The lowest BCUT2D eigenvalue weighted by Crippen LogP contribution is -2.35. The van der Waals surface area contributed by atoms with Crippen molar-refractivity contribution >= 4 is 61.9 Å². The average Bonchev–Trinajstić information content (AvgIpc) is 3.18. The van der Waals surface area contributed by atoms with E-state index in [4.69, 9.17) is 9.72 Å². The van der Waals surface area contributed by atoms with Gasteiger partial charge in [-0.2, -0.15) is 0 Å². The molecule has 5 rings (SSSR count). The molecule has 9 nitrogen and oxygen atoms in total. The summed E-state index contributed by atoms with van der Waals surface area (Å²) in [4.78, 5) is 32.5. The Morgan fingerprint density at radius 3 is 2.76 bits per heavy atom. The van der Waals surface area contributed by atoms with Crippen LogP contribution in [0.1, 0.15) is 43.1 Å². The van der Waals surface area contributed by atoms with Crippen LogP contribution in [-0.4, -0.2) is 52.4 Å². The number of carbonyl (C=O) groups excluding carboxylic acids is 2. The second-order valence-electron chi connectivity index (χ2n) is 10.0. The number of nitrogens with zero attached hydrogens (tertiary/aromatic N) is 4. The maximum atomic E-state index is 12.8. The van der Waals surface area contributed by atoms with Crippen LogP contribution in [0.5, 0.6) is 0 Å². The van der Waals surface area contributed by atoms with Gasteiger partial charge in [0.2, 0.25) is 0 Å². The first-order chi connectivity index (χ1) is 17.6. The summed E-state index contributed by atoms with van der Waals surface area (Å²) in [5.41, 5.74) is 2.74. The molecule has 0 bridgehead atoms. The number of thiophene rings is 1. The van der Waals surface area contributed by atoms with Crippen molar-refractivity contribution in [2.24, 2.45) is 0 Å². The molecule has 4 aromatic rings. The minimum atomic E-state index is -0.659. The third kappa shape index (κ3) is 4.60. The monoisotopic (exact) mass is 516 g/mol. The van der Waals surface area contributed by atoms with E-state index in [9.17, 15) is 9.59 Å². The van der Waals surface area contributed by atoms with Crippen LogP contribution < -0.4 is 15.5 Å². The van der Waals surface area contributed by atoms with Crippen LogP contribution >= 0.6 is 11.3 Å². The van der Waals surface area contributed by atoms with Crippen molar-refractivity contribution in [2.75, 3.05) is 23.8 Å². The number of nitrogens with one attached hydrogen (secondary N) is 2. The van der Waals surface area contributed by atoms with Crippen LogP contribution in [0.4, 0.5) is 16.3 Å². The van der Waals surface area contributed by atoms with E-state index in [0.29, 0.717) is 34.2 Å². The molecule has 0 unspecified atom stereocenters. The normalized spacial score (nSPS) is 15.5. The van der Waals surface area contributed by atoms with E-state index in [1.54, 1.807) is 19.2 Å². The van der Waals surface area contributed by atoms with Crippen LogP contribution in [0.2, 0.25) is 0 Å². The summed E-state index contributed by atoms with van der Waals surface area (Å²) in [5, 5.41) is 16.8. The van der Waals surface area contributed by atoms with Crippen LogP contribution in [0.3, 0.4) is 0 Å². The molecule has 10 heteroatoms. The number of anilines is 2. The topological polar surface area (TPSA) is 109 Å².